The standard InChI is InChI=1S/C25H22N6OS/c1-2-30-13-12-20-18(14-30)22(17-10-6-7-11-19(17)26-20)23(32)27-24-28-25-31(29-24)21(15-33-25)16-8-4-3-5-9-16/h3-11,15H,2,12-14H2,1H3,(H,27,29,32). The number of pyridine rings is 1. The summed E-state index contributed by atoms with van der Waals surface area (Å²) in [6.07, 6.45) is 0.840. The molecule has 5 aromatic rings. The Morgan fingerprint density at radius 2 is 1.91 bits per heavy atom. The molecule has 1 amide bonds. The van der Waals surface area contributed by atoms with Gasteiger partial charge >= 0.3 is 0 Å². The molecule has 3 aromatic heterocycles. The number of thiazole rings is 1. The molecule has 0 aliphatic carbocycles. The van der Waals surface area contributed by atoms with E-state index in [0.29, 0.717) is 11.5 Å². The Hall–Kier alpha value is -3.62. The van der Waals surface area contributed by atoms with Crippen LogP contribution in [0.25, 0.3) is 27.1 Å². The zero-order valence-electron chi connectivity index (χ0n) is 18.2. The second kappa shape index (κ2) is 8.06. The zero-order valence-corrected chi connectivity index (χ0v) is 19.0. The van der Waals surface area contributed by atoms with E-state index >= 15 is 0 Å². The molecule has 33 heavy (non-hydrogen) atoms. The van der Waals surface area contributed by atoms with Crippen LogP contribution >= 0.6 is 11.3 Å². The third kappa shape index (κ3) is 3.48. The van der Waals surface area contributed by atoms with Gasteiger partial charge in [0, 0.05) is 47.1 Å². The van der Waals surface area contributed by atoms with Crippen molar-refractivity contribution in [3.05, 3.63) is 76.8 Å². The Morgan fingerprint density at radius 3 is 2.76 bits per heavy atom. The van der Waals surface area contributed by atoms with E-state index < -0.39 is 0 Å². The van der Waals surface area contributed by atoms with Crippen LogP contribution in [0.4, 0.5) is 5.95 Å². The molecule has 0 radical (unpaired) electrons. The largest absolute Gasteiger partial charge is 0.299 e. The molecule has 0 saturated heterocycles. The number of amides is 1. The van der Waals surface area contributed by atoms with Gasteiger partial charge in [0.25, 0.3) is 11.9 Å². The van der Waals surface area contributed by atoms with Crippen molar-refractivity contribution in [1.29, 1.82) is 0 Å². The van der Waals surface area contributed by atoms with Gasteiger partial charge in [0.05, 0.1) is 16.8 Å². The first-order valence-corrected chi connectivity index (χ1v) is 11.9. The molecule has 4 heterocycles. The first kappa shape index (κ1) is 20.0. The van der Waals surface area contributed by atoms with Crippen LogP contribution in [-0.2, 0) is 13.0 Å². The summed E-state index contributed by atoms with van der Waals surface area (Å²) < 4.78 is 1.79. The van der Waals surface area contributed by atoms with E-state index in [-0.39, 0.29) is 5.91 Å². The lowest BCUT2D eigenvalue weighted by Gasteiger charge is -2.29. The Kier molecular flexibility index (Phi) is 4.89. The van der Waals surface area contributed by atoms with Crippen molar-refractivity contribution in [1.82, 2.24) is 24.5 Å². The van der Waals surface area contributed by atoms with Crippen molar-refractivity contribution in [3.8, 4) is 11.3 Å². The summed E-state index contributed by atoms with van der Waals surface area (Å²) in [5, 5.41) is 10.5. The van der Waals surface area contributed by atoms with E-state index in [1.807, 2.05) is 60.0 Å². The van der Waals surface area contributed by atoms with Crippen LogP contribution in [0.5, 0.6) is 0 Å². The Labute approximate surface area is 194 Å². The highest BCUT2D eigenvalue weighted by Gasteiger charge is 2.26. The number of para-hydroxylation sites is 1. The zero-order chi connectivity index (χ0) is 22.4. The SMILES string of the molecule is CCN1CCc2nc3ccccc3c(C(=O)Nc3nc4scc(-c5ccccc5)n4n3)c2C1. The summed E-state index contributed by atoms with van der Waals surface area (Å²) in [5.41, 5.74) is 5.54. The topological polar surface area (TPSA) is 75.4 Å². The molecule has 6 rings (SSSR count). The van der Waals surface area contributed by atoms with E-state index in [0.717, 1.165) is 64.4 Å². The Bertz CT molecular complexity index is 1490. The highest BCUT2D eigenvalue weighted by atomic mass is 32.1. The minimum absolute atomic E-state index is 0.192. The predicted molar refractivity (Wildman–Crippen MR) is 131 cm³/mol. The quantitative estimate of drug-likeness (QED) is 0.428. The molecule has 0 atom stereocenters. The minimum atomic E-state index is -0.192. The third-order valence-electron chi connectivity index (χ3n) is 6.18. The monoisotopic (exact) mass is 454 g/mol. The van der Waals surface area contributed by atoms with Crippen LogP contribution < -0.4 is 5.32 Å². The van der Waals surface area contributed by atoms with Crippen molar-refractivity contribution in [2.45, 2.75) is 19.9 Å². The number of hydrogen-bond donors (Lipinski definition) is 1. The summed E-state index contributed by atoms with van der Waals surface area (Å²) in [7, 11) is 0. The van der Waals surface area contributed by atoms with Crippen LogP contribution in [0.2, 0.25) is 0 Å². The number of nitrogens with zero attached hydrogens (tertiary/aromatic N) is 5. The number of fused-ring (bicyclic) bond motifs is 3. The van der Waals surface area contributed by atoms with Gasteiger partial charge in [-0.15, -0.1) is 16.4 Å². The molecule has 8 heteroatoms. The van der Waals surface area contributed by atoms with Crippen LogP contribution in [0.15, 0.2) is 60.0 Å². The van der Waals surface area contributed by atoms with Crippen LogP contribution in [0, 0.1) is 0 Å². The van der Waals surface area contributed by atoms with Gasteiger partial charge in [0.15, 0.2) is 0 Å². The number of carbonyl (C=O) groups excluding carboxylic acids is 1. The van der Waals surface area contributed by atoms with Gasteiger partial charge in [0.2, 0.25) is 4.96 Å². The summed E-state index contributed by atoms with van der Waals surface area (Å²) >= 11 is 1.50. The lowest BCUT2D eigenvalue weighted by Crippen LogP contribution is -2.33. The van der Waals surface area contributed by atoms with Crippen LogP contribution in [-0.4, -0.2) is 43.5 Å². The average molecular weight is 455 g/mol. The third-order valence-corrected chi connectivity index (χ3v) is 6.99. The molecule has 0 saturated carbocycles. The van der Waals surface area contributed by atoms with Crippen molar-refractivity contribution < 1.29 is 4.79 Å². The molecule has 1 N–H and O–H groups in total. The molecule has 1 aliphatic heterocycles. The normalized spacial score (nSPS) is 14.0. The summed E-state index contributed by atoms with van der Waals surface area (Å²) in [4.78, 5) is 26.1. The van der Waals surface area contributed by atoms with Gasteiger partial charge in [0.1, 0.15) is 0 Å². The number of benzene rings is 2. The number of hydrogen-bond acceptors (Lipinski definition) is 6. The number of aromatic nitrogens is 4. The fourth-order valence-corrected chi connectivity index (χ4v) is 5.31. The van der Waals surface area contributed by atoms with E-state index in [2.05, 4.69) is 27.2 Å². The summed E-state index contributed by atoms with van der Waals surface area (Å²) in [6.45, 7) is 4.76. The number of rotatable bonds is 4. The Balaban J connectivity index is 1.40. The second-order valence-electron chi connectivity index (χ2n) is 8.12. The van der Waals surface area contributed by atoms with Crippen LogP contribution in [0.3, 0.4) is 0 Å². The van der Waals surface area contributed by atoms with E-state index in [1.165, 1.54) is 11.3 Å². The van der Waals surface area contributed by atoms with E-state index in [1.54, 1.807) is 4.52 Å². The highest BCUT2D eigenvalue weighted by Crippen LogP contribution is 2.29. The molecule has 164 valence electrons. The van der Waals surface area contributed by atoms with Gasteiger partial charge in [-0.25, -0.2) is 4.52 Å². The number of nitrogens with one attached hydrogen (secondary N) is 1. The maximum Gasteiger partial charge on any atom is 0.259 e. The highest BCUT2D eigenvalue weighted by molar-refractivity contribution is 7.15. The lowest BCUT2D eigenvalue weighted by atomic mass is 9.95. The minimum Gasteiger partial charge on any atom is -0.299 e. The fourth-order valence-electron chi connectivity index (χ4n) is 4.48. The molecule has 0 fully saturated rings. The number of anilines is 1. The summed E-state index contributed by atoms with van der Waals surface area (Å²) in [5.74, 6) is 0.115. The molecule has 0 spiro atoms. The number of likely N-dealkylation sites (N-methyl/N-ethyl adjacent to an activating group) is 1. The van der Waals surface area contributed by atoms with Gasteiger partial charge in [-0.2, -0.15) is 4.98 Å². The molecular weight excluding hydrogens is 432 g/mol. The maximum atomic E-state index is 13.6. The van der Waals surface area contributed by atoms with Crippen LogP contribution in [0.1, 0.15) is 28.5 Å². The van der Waals surface area contributed by atoms with Crippen molar-refractivity contribution in [3.63, 3.8) is 0 Å². The van der Waals surface area contributed by atoms with Crippen molar-refractivity contribution in [2.24, 2.45) is 0 Å². The molecule has 0 unspecified atom stereocenters. The first-order chi connectivity index (χ1) is 16.2. The molecule has 7 nitrogen and oxygen atoms in total. The van der Waals surface area contributed by atoms with E-state index in [9.17, 15) is 4.79 Å². The maximum absolute atomic E-state index is 13.6. The fraction of sp³-hybridized carbons (Fsp3) is 0.200. The van der Waals surface area contributed by atoms with Gasteiger partial charge < -0.3 is 0 Å². The predicted octanol–water partition coefficient (Wildman–Crippen LogP) is 4.64. The van der Waals surface area contributed by atoms with E-state index in [4.69, 9.17) is 4.98 Å². The molecule has 1 aliphatic rings. The number of carbonyl (C=O) groups is 1. The van der Waals surface area contributed by atoms with Crippen molar-refractivity contribution >= 4 is 39.1 Å². The molecule has 2 aromatic carbocycles. The van der Waals surface area contributed by atoms with Gasteiger partial charge in [-0.3, -0.25) is 20.0 Å². The van der Waals surface area contributed by atoms with Crippen molar-refractivity contribution in [2.75, 3.05) is 18.4 Å². The Morgan fingerprint density at radius 1 is 1.09 bits per heavy atom. The smallest absolute Gasteiger partial charge is 0.259 e. The van der Waals surface area contributed by atoms with Gasteiger partial charge in [-0.1, -0.05) is 55.5 Å². The lowest BCUT2D eigenvalue weighted by molar-refractivity contribution is 0.102. The average Bonchev–Trinajstić information content (AvgIpc) is 3.42. The summed E-state index contributed by atoms with van der Waals surface area (Å²) in [6, 6.07) is 17.9. The molecular formula is C25H22N6OS. The first-order valence-electron chi connectivity index (χ1n) is 11.0. The van der Waals surface area contributed by atoms with Gasteiger partial charge in [-0.05, 0) is 12.6 Å². The second-order valence-corrected chi connectivity index (χ2v) is 8.96. The molecule has 0 bridgehead atoms.